The Kier molecular flexibility index (Phi) is 16.9. The van der Waals surface area contributed by atoms with Crippen molar-refractivity contribution < 1.29 is 63.3 Å². The molecule has 2 aromatic rings. The zero-order valence-corrected chi connectivity index (χ0v) is 43.6. The first kappa shape index (κ1) is 55.4. The Balaban J connectivity index is 0.000000709. The second kappa shape index (κ2) is 21.1. The molecule has 5 atom stereocenters. The van der Waals surface area contributed by atoms with Gasteiger partial charge in [-0.2, -0.15) is 16.8 Å². The third-order valence-electron chi connectivity index (χ3n) is 12.1. The molecule has 2 heterocycles. The van der Waals surface area contributed by atoms with Crippen molar-refractivity contribution in [3.8, 4) is 17.4 Å². The highest BCUT2D eigenvalue weighted by molar-refractivity contribution is 7.85. The Morgan fingerprint density at radius 1 is 0.971 bits per heavy atom. The zero-order chi connectivity index (χ0) is 51.5. The number of nitrogens with two attached hydrogens (primary N) is 1. The van der Waals surface area contributed by atoms with Gasteiger partial charge in [-0.25, -0.2) is 23.8 Å². The number of carbonyl (C=O) groups excluding carboxylic acids is 4. The lowest BCUT2D eigenvalue weighted by Crippen LogP contribution is -2.60. The molecule has 1 aromatic carbocycles. The van der Waals surface area contributed by atoms with E-state index in [-0.39, 0.29) is 30.3 Å². The average Bonchev–Trinajstić information content (AvgIpc) is 4.19. The fourth-order valence-electron chi connectivity index (χ4n) is 8.44. The molecule has 4 aliphatic rings. The van der Waals surface area contributed by atoms with Gasteiger partial charge >= 0.3 is 26.7 Å². The van der Waals surface area contributed by atoms with Gasteiger partial charge in [0.05, 0.1) is 31.5 Å². The van der Waals surface area contributed by atoms with Gasteiger partial charge < -0.3 is 34.5 Å². The number of alkyl carbamates (subject to hydrolysis) is 1. The number of rotatable bonds is 20. The number of aromatic nitrogens is 1. The van der Waals surface area contributed by atoms with Crippen LogP contribution in [0.15, 0.2) is 30.9 Å². The van der Waals surface area contributed by atoms with Crippen molar-refractivity contribution in [2.75, 3.05) is 20.3 Å². The van der Waals surface area contributed by atoms with Crippen molar-refractivity contribution in [3.63, 3.8) is 0 Å². The van der Waals surface area contributed by atoms with Crippen LogP contribution in [0.1, 0.15) is 127 Å². The topological polar surface area (TPSA) is 270 Å². The molecule has 4 fully saturated rings. The number of benzene rings is 1. The second-order valence-corrected chi connectivity index (χ2v) is 23.0. The minimum atomic E-state index is -4.54. The van der Waals surface area contributed by atoms with E-state index in [0.717, 1.165) is 25.7 Å². The van der Waals surface area contributed by atoms with E-state index in [0.29, 0.717) is 54.7 Å². The molecule has 69 heavy (non-hydrogen) atoms. The first-order valence-corrected chi connectivity index (χ1v) is 26.5. The number of methoxy groups -OCH3 is 1. The Morgan fingerprint density at radius 3 is 2.07 bits per heavy atom. The molecule has 1 saturated heterocycles. The molecule has 3 aliphatic carbocycles. The Bertz CT molecular complexity index is 2490. The van der Waals surface area contributed by atoms with Gasteiger partial charge in [0.2, 0.25) is 17.7 Å². The normalized spacial score (nSPS) is 22.8. The molecule has 20 nitrogen and oxygen atoms in total. The minimum Gasteiger partial charge on any atom is -0.495 e. The van der Waals surface area contributed by atoms with Gasteiger partial charge in [-0.1, -0.05) is 65.1 Å². The molecule has 1 aliphatic heterocycles. The maximum atomic E-state index is 14.7. The number of pyridine rings is 1. The van der Waals surface area contributed by atoms with Crippen molar-refractivity contribution >= 4 is 66.9 Å². The number of ether oxygens (including phenoxy) is 4. The van der Waals surface area contributed by atoms with Gasteiger partial charge in [-0.15, -0.1) is 6.58 Å². The fraction of sp³-hybridized carbons (Fsp3) is 0.674. The van der Waals surface area contributed by atoms with Crippen LogP contribution in [0.5, 0.6) is 17.4 Å². The molecule has 0 bridgehead atoms. The number of hydrogen-bond donors (Lipinski definition) is 4. The van der Waals surface area contributed by atoms with Crippen molar-refractivity contribution in [3.05, 3.63) is 35.9 Å². The van der Waals surface area contributed by atoms with Gasteiger partial charge in [0.25, 0.3) is 5.91 Å². The fourth-order valence-corrected chi connectivity index (χ4v) is 10.6. The molecular formula is C46H69ClN6O14S2. The number of nitrogens with zero attached hydrogens (tertiary/aromatic N) is 2. The van der Waals surface area contributed by atoms with Crippen molar-refractivity contribution in [2.24, 2.45) is 16.5 Å². The summed E-state index contributed by atoms with van der Waals surface area (Å²) in [6.07, 6.45) is 5.45. The van der Waals surface area contributed by atoms with Crippen LogP contribution in [-0.4, -0.2) is 111 Å². The molecule has 0 spiro atoms. The van der Waals surface area contributed by atoms with Gasteiger partial charge in [-0.05, 0) is 90.2 Å². The van der Waals surface area contributed by atoms with E-state index in [2.05, 4.69) is 22.2 Å². The SMILES string of the molecule is C=C[C@@H]1C[C@]1(NC(=O)[C@@H]1C[C@@H](Oc2cc(OCC)nc3c(Cl)c(OC)ccc23)CN1C(=O)[C@@H](NC(=O)OC(C)(C)C)C(C)(C)C)C(=O)NS(=O)(=O)OC1(CCC)CC1.CCCC1(OS(N)(=O)=O)CC1. The summed E-state index contributed by atoms with van der Waals surface area (Å²) >= 11 is 6.66. The Hall–Kier alpha value is -4.48. The van der Waals surface area contributed by atoms with Crippen LogP contribution in [0.25, 0.3) is 10.9 Å². The van der Waals surface area contributed by atoms with Crippen LogP contribution in [-0.2, 0) is 48.1 Å². The molecule has 3 saturated carbocycles. The van der Waals surface area contributed by atoms with Crippen LogP contribution in [0.3, 0.4) is 0 Å². The highest BCUT2D eigenvalue weighted by Crippen LogP contribution is 2.48. The highest BCUT2D eigenvalue weighted by atomic mass is 35.5. The van der Waals surface area contributed by atoms with Crippen LogP contribution in [0.4, 0.5) is 4.79 Å². The number of fused-ring (bicyclic) bond motifs is 1. The quantitative estimate of drug-likeness (QED) is 0.113. The van der Waals surface area contributed by atoms with Crippen molar-refractivity contribution in [1.82, 2.24) is 25.2 Å². The van der Waals surface area contributed by atoms with Crippen LogP contribution in [0, 0.1) is 11.3 Å². The number of amides is 4. The van der Waals surface area contributed by atoms with Gasteiger partial charge in [0.15, 0.2) is 0 Å². The minimum absolute atomic E-state index is 0.0581. The number of likely N-dealkylation sites (tertiary alicyclic amines) is 1. The van der Waals surface area contributed by atoms with Crippen LogP contribution < -0.4 is 34.7 Å². The standard InChI is InChI=1S/C40H56ClN5O11S.C6H13NO3S/c1-11-16-39(17-18-39)57-58(51,52)45-35(49)40(21-23(40)12-2)44-33(47)26-19-24(22-46(26)34(48)32(37(4,5)6)43-36(50)56-38(7,8)9)55-28-20-29(54-13-3)42-31-25(28)14-15-27(53-10)30(31)41;1-2-3-6(4-5-6)10-11(7,8)9/h12,14-15,20,23-24,26,32H,2,11,13,16-19,21-22H2,1,3-10H3,(H,43,50)(H,44,47)(H,45,49);2-5H2,1H3,(H2,7,8,9)/t23-,24-,26+,32-,40-;/m1./s1. The molecule has 23 heteroatoms. The summed E-state index contributed by atoms with van der Waals surface area (Å²) in [6, 6.07) is 2.55. The lowest BCUT2D eigenvalue weighted by molar-refractivity contribution is -0.143. The average molecular weight is 1030 g/mol. The van der Waals surface area contributed by atoms with Crippen molar-refractivity contribution in [1.29, 1.82) is 0 Å². The molecular weight excluding hydrogens is 960 g/mol. The summed E-state index contributed by atoms with van der Waals surface area (Å²) in [4.78, 5) is 61.8. The number of carbonyl (C=O) groups is 4. The summed E-state index contributed by atoms with van der Waals surface area (Å²) < 4.78 is 82.5. The maximum Gasteiger partial charge on any atom is 0.408 e. The van der Waals surface area contributed by atoms with Crippen molar-refractivity contribution in [2.45, 2.75) is 167 Å². The van der Waals surface area contributed by atoms with Crippen LogP contribution >= 0.6 is 11.6 Å². The molecule has 386 valence electrons. The summed E-state index contributed by atoms with van der Waals surface area (Å²) in [5.41, 5.74) is -4.35. The monoisotopic (exact) mass is 1030 g/mol. The number of hydrogen-bond acceptors (Lipinski definition) is 15. The molecule has 0 radical (unpaired) electrons. The van der Waals surface area contributed by atoms with Gasteiger partial charge in [-0.3, -0.25) is 18.6 Å². The first-order valence-electron chi connectivity index (χ1n) is 23.2. The van der Waals surface area contributed by atoms with E-state index < -0.39 is 96.3 Å². The van der Waals surface area contributed by atoms with Gasteiger partial charge in [0.1, 0.15) is 51.4 Å². The van der Waals surface area contributed by atoms with E-state index >= 15 is 0 Å². The second-order valence-electron chi connectivity index (χ2n) is 20.2. The Morgan fingerprint density at radius 2 is 1.58 bits per heavy atom. The predicted octanol–water partition coefficient (Wildman–Crippen LogP) is 5.89. The van der Waals surface area contributed by atoms with E-state index in [1.807, 2.05) is 18.6 Å². The predicted molar refractivity (Wildman–Crippen MR) is 257 cm³/mol. The smallest absolute Gasteiger partial charge is 0.408 e. The molecule has 4 amide bonds. The molecule has 6 rings (SSSR count). The lowest BCUT2D eigenvalue weighted by Gasteiger charge is -2.36. The highest BCUT2D eigenvalue weighted by Gasteiger charge is 2.62. The molecule has 0 unspecified atom stereocenters. The third-order valence-corrected chi connectivity index (χ3v) is 14.1. The Labute approximate surface area is 410 Å². The van der Waals surface area contributed by atoms with Crippen LogP contribution in [0.2, 0.25) is 5.02 Å². The van der Waals surface area contributed by atoms with E-state index in [9.17, 15) is 36.0 Å². The summed E-state index contributed by atoms with van der Waals surface area (Å²) in [6.45, 7) is 20.0. The lowest BCUT2D eigenvalue weighted by atomic mass is 9.85. The van der Waals surface area contributed by atoms with E-state index in [1.165, 1.54) is 18.1 Å². The van der Waals surface area contributed by atoms with E-state index in [4.69, 9.17) is 44.1 Å². The third kappa shape index (κ3) is 14.3. The first-order chi connectivity index (χ1) is 32.0. The van der Waals surface area contributed by atoms with E-state index in [1.54, 1.807) is 66.7 Å². The summed E-state index contributed by atoms with van der Waals surface area (Å²) in [7, 11) is -6.80. The molecule has 1 aromatic heterocycles. The number of halogens is 1. The molecule has 5 N–H and O–H groups in total. The zero-order valence-electron chi connectivity index (χ0n) is 41.2. The largest absolute Gasteiger partial charge is 0.495 e. The summed E-state index contributed by atoms with van der Waals surface area (Å²) in [5, 5.41) is 10.9. The van der Waals surface area contributed by atoms with Gasteiger partial charge in [0, 0.05) is 23.8 Å². The maximum absolute atomic E-state index is 14.7. The summed E-state index contributed by atoms with van der Waals surface area (Å²) in [5.74, 6) is -2.05. The number of nitrogens with one attached hydrogen (secondary N) is 3.